The number of carbonyl (C=O) groups excluding carboxylic acids is 1. The molecule has 3 aromatic rings. The average molecular weight is 474 g/mol. The van der Waals surface area contributed by atoms with Gasteiger partial charge in [-0.1, -0.05) is 54.6 Å². The molecule has 0 spiro atoms. The van der Waals surface area contributed by atoms with Crippen molar-refractivity contribution in [3.63, 3.8) is 0 Å². The number of hydrogen-bond acceptors (Lipinski definition) is 3. The van der Waals surface area contributed by atoms with Gasteiger partial charge < -0.3 is 14.7 Å². The second-order valence-electron chi connectivity index (χ2n) is 8.96. The van der Waals surface area contributed by atoms with E-state index >= 15 is 0 Å². The normalized spacial score (nSPS) is 14.1. The van der Waals surface area contributed by atoms with Gasteiger partial charge in [0, 0.05) is 30.1 Å². The molecule has 182 valence electrons. The van der Waals surface area contributed by atoms with E-state index in [1.165, 1.54) is 4.90 Å². The van der Waals surface area contributed by atoms with Crippen LogP contribution in [0.2, 0.25) is 0 Å². The lowest BCUT2D eigenvalue weighted by Crippen LogP contribution is -2.32. The van der Waals surface area contributed by atoms with Crippen molar-refractivity contribution in [3.05, 3.63) is 89.5 Å². The van der Waals surface area contributed by atoms with Crippen LogP contribution in [0.3, 0.4) is 0 Å². The smallest absolute Gasteiger partial charge is 0.303 e. The van der Waals surface area contributed by atoms with Crippen molar-refractivity contribution in [2.24, 2.45) is 0 Å². The Morgan fingerprint density at radius 2 is 1.69 bits per heavy atom. The third kappa shape index (κ3) is 6.72. The fourth-order valence-electron chi connectivity index (χ4n) is 4.02. The van der Waals surface area contributed by atoms with Crippen LogP contribution < -0.4 is 4.74 Å². The summed E-state index contributed by atoms with van der Waals surface area (Å²) in [4.78, 5) is 25.7. The number of aryl methyl sites for hydroxylation is 1. The van der Waals surface area contributed by atoms with Crippen molar-refractivity contribution in [2.45, 2.75) is 58.0 Å². The van der Waals surface area contributed by atoms with Crippen LogP contribution >= 0.6 is 0 Å². The molecule has 1 aliphatic carbocycles. The van der Waals surface area contributed by atoms with E-state index in [9.17, 15) is 9.59 Å². The van der Waals surface area contributed by atoms with Gasteiger partial charge in [-0.15, -0.1) is 0 Å². The summed E-state index contributed by atoms with van der Waals surface area (Å²) in [7, 11) is 0. The van der Waals surface area contributed by atoms with Gasteiger partial charge in [0.15, 0.2) is 0 Å². The summed E-state index contributed by atoms with van der Waals surface area (Å²) in [5.41, 5.74) is 4.03. The van der Waals surface area contributed by atoms with Crippen molar-refractivity contribution >= 4 is 11.9 Å². The third-order valence-electron chi connectivity index (χ3n) is 6.14. The summed E-state index contributed by atoms with van der Waals surface area (Å²) in [6.45, 7) is 0.338. The van der Waals surface area contributed by atoms with E-state index in [1.54, 1.807) is 36.4 Å². The van der Waals surface area contributed by atoms with Gasteiger partial charge in [-0.3, -0.25) is 9.59 Å². The van der Waals surface area contributed by atoms with Gasteiger partial charge in [-0.05, 0) is 73.9 Å². The molecule has 0 atom stereocenters. The molecule has 5 heteroatoms. The van der Waals surface area contributed by atoms with E-state index in [-0.39, 0.29) is 18.4 Å². The lowest BCUT2D eigenvalue weighted by molar-refractivity contribution is -0.137. The number of aliphatic carboxylic acids is 1. The molecule has 0 unspecified atom stereocenters. The van der Waals surface area contributed by atoms with Crippen molar-refractivity contribution in [3.8, 4) is 16.9 Å². The number of carboxylic acids is 1. The predicted molar refractivity (Wildman–Crippen MR) is 138 cm³/mol. The molecule has 1 N–H and O–H groups in total. The first-order valence-corrected chi connectivity index (χ1v) is 12.2. The molecule has 1 saturated carbocycles. The van der Waals surface area contributed by atoms with Crippen LogP contribution in [0.25, 0.3) is 11.1 Å². The van der Waals surface area contributed by atoms with E-state index in [1.807, 2.05) is 43.3 Å². The van der Waals surface area contributed by atoms with Crippen LogP contribution in [0.5, 0.6) is 5.75 Å². The number of unbranched alkanes of at least 4 members (excludes halogenated alkanes) is 2. The fourth-order valence-corrected chi connectivity index (χ4v) is 4.02. The zero-order chi connectivity index (χ0) is 26.4. The first-order chi connectivity index (χ1) is 17.8. The number of ether oxygens (including phenoxy) is 1. The number of rotatable bonds is 12. The van der Waals surface area contributed by atoms with Gasteiger partial charge in [0.25, 0.3) is 5.91 Å². The maximum Gasteiger partial charge on any atom is 0.303 e. The minimum Gasteiger partial charge on any atom is -0.493 e. The minimum absolute atomic E-state index is 0.129. The predicted octanol–water partition coefficient (Wildman–Crippen LogP) is 6.49. The zero-order valence-electron chi connectivity index (χ0n) is 22.1. The second kappa shape index (κ2) is 11.7. The first-order valence-electron chi connectivity index (χ1n) is 13.2. The Kier molecular flexibility index (Phi) is 7.32. The Morgan fingerprint density at radius 3 is 2.40 bits per heavy atom. The highest BCUT2D eigenvalue weighted by atomic mass is 16.5. The first kappa shape index (κ1) is 21.9. The number of nitrogens with zero attached hydrogens (tertiary/aromatic N) is 1. The Balaban J connectivity index is 1.51. The van der Waals surface area contributed by atoms with Gasteiger partial charge in [-0.2, -0.15) is 0 Å². The van der Waals surface area contributed by atoms with Crippen LogP contribution in [-0.2, 0) is 11.3 Å². The third-order valence-corrected chi connectivity index (χ3v) is 6.14. The maximum absolute atomic E-state index is 13.7. The number of benzene rings is 3. The second-order valence-corrected chi connectivity index (χ2v) is 8.96. The number of carbonyl (C=O) groups is 2. The van der Waals surface area contributed by atoms with Gasteiger partial charge >= 0.3 is 5.97 Å². The number of para-hydroxylation sites is 1. The number of amides is 1. The summed E-state index contributed by atoms with van der Waals surface area (Å²) in [5, 5.41) is 8.77. The van der Waals surface area contributed by atoms with Gasteiger partial charge in [0.2, 0.25) is 0 Å². The summed E-state index contributed by atoms with van der Waals surface area (Å²) >= 11 is 0. The Bertz CT molecular complexity index is 1240. The molecule has 0 aliphatic heterocycles. The van der Waals surface area contributed by atoms with Crippen molar-refractivity contribution in [1.82, 2.24) is 4.90 Å². The lowest BCUT2D eigenvalue weighted by Gasteiger charge is -2.24. The van der Waals surface area contributed by atoms with Gasteiger partial charge in [-0.25, -0.2) is 0 Å². The monoisotopic (exact) mass is 473 g/mol. The highest BCUT2D eigenvalue weighted by Gasteiger charge is 2.33. The van der Waals surface area contributed by atoms with Crippen LogP contribution in [0, 0.1) is 6.92 Å². The molecule has 0 aromatic heterocycles. The zero-order valence-corrected chi connectivity index (χ0v) is 20.1. The van der Waals surface area contributed by atoms with E-state index in [4.69, 9.17) is 12.6 Å². The molecule has 1 fully saturated rings. The summed E-state index contributed by atoms with van der Waals surface area (Å²) in [6, 6.07) is 22.2. The van der Waals surface area contributed by atoms with Crippen molar-refractivity contribution in [2.75, 3.05) is 6.61 Å². The maximum atomic E-state index is 13.7. The fraction of sp³-hybridized carbons (Fsp3) is 0.333. The largest absolute Gasteiger partial charge is 0.493 e. The van der Waals surface area contributed by atoms with Gasteiger partial charge in [0.05, 0.1) is 9.35 Å². The SMILES string of the molecule is [2H]C([2H])(c1ccccc1OCCCCCC(=O)O)N(C(=O)c1ccc(-c2ccccc2C)cc1)C1CC1. The molecular formula is C30H33NO4. The molecule has 35 heavy (non-hydrogen) atoms. The molecular weight excluding hydrogens is 438 g/mol. The molecule has 1 aliphatic rings. The molecule has 3 aromatic carbocycles. The highest BCUT2D eigenvalue weighted by molar-refractivity contribution is 5.95. The average Bonchev–Trinajstić information content (AvgIpc) is 3.71. The van der Waals surface area contributed by atoms with E-state index in [0.29, 0.717) is 42.7 Å². The lowest BCUT2D eigenvalue weighted by atomic mass is 9.99. The summed E-state index contributed by atoms with van der Waals surface area (Å²) < 4.78 is 24.0. The van der Waals surface area contributed by atoms with Crippen LogP contribution in [0.1, 0.15) is 62.8 Å². The van der Waals surface area contributed by atoms with Crippen molar-refractivity contribution < 1.29 is 22.2 Å². The quantitative estimate of drug-likeness (QED) is 0.305. The molecule has 1 amide bonds. The molecule has 0 bridgehead atoms. The van der Waals surface area contributed by atoms with E-state index < -0.39 is 12.5 Å². The molecule has 0 saturated heterocycles. The molecule has 0 heterocycles. The number of hydrogen-bond donors (Lipinski definition) is 1. The Labute approximate surface area is 210 Å². The van der Waals surface area contributed by atoms with Crippen molar-refractivity contribution in [1.29, 1.82) is 0 Å². The highest BCUT2D eigenvalue weighted by Crippen LogP contribution is 2.32. The van der Waals surface area contributed by atoms with E-state index in [2.05, 4.69) is 0 Å². The summed E-state index contributed by atoms with van der Waals surface area (Å²) in [5.74, 6) is -0.750. The van der Waals surface area contributed by atoms with Crippen LogP contribution in [0.15, 0.2) is 72.8 Å². The topological polar surface area (TPSA) is 66.8 Å². The van der Waals surface area contributed by atoms with Crippen LogP contribution in [0.4, 0.5) is 0 Å². The van der Waals surface area contributed by atoms with Crippen LogP contribution in [-0.4, -0.2) is 34.5 Å². The Morgan fingerprint density at radius 1 is 0.971 bits per heavy atom. The molecule has 5 nitrogen and oxygen atoms in total. The van der Waals surface area contributed by atoms with Gasteiger partial charge in [0.1, 0.15) is 5.75 Å². The Hall–Kier alpha value is -3.60. The summed E-state index contributed by atoms with van der Waals surface area (Å²) in [6.07, 6.45) is 3.62. The number of carboxylic acid groups (broad SMARTS) is 1. The van der Waals surface area contributed by atoms with E-state index in [0.717, 1.165) is 29.5 Å². The standard InChI is InChI=1S/C30H33NO4/c1-22-9-4-6-11-27(22)23-14-16-24(17-15-23)30(34)31(26-18-19-26)21-25-10-5-7-12-28(25)35-20-8-2-3-13-29(32)33/h4-7,9-12,14-17,26H,2-3,8,13,18-21H2,1H3,(H,32,33)/i21D2. The minimum atomic E-state index is -2.06. The molecule has 4 rings (SSSR count). The molecule has 0 radical (unpaired) electrons.